The quantitative estimate of drug-likeness (QED) is 0.796. The first-order chi connectivity index (χ1) is 13.4. The van der Waals surface area contributed by atoms with Gasteiger partial charge in [-0.2, -0.15) is 0 Å². The van der Waals surface area contributed by atoms with E-state index in [-0.39, 0.29) is 11.4 Å². The van der Waals surface area contributed by atoms with Crippen molar-refractivity contribution in [3.63, 3.8) is 0 Å². The summed E-state index contributed by atoms with van der Waals surface area (Å²) < 4.78 is 5.06. The van der Waals surface area contributed by atoms with E-state index in [0.717, 1.165) is 50.8 Å². The highest BCUT2D eigenvalue weighted by atomic mass is 16.5. The number of piperidine rings is 1. The van der Waals surface area contributed by atoms with Crippen molar-refractivity contribution in [2.24, 2.45) is 5.92 Å². The molecule has 4 rings (SSSR count). The van der Waals surface area contributed by atoms with Crippen molar-refractivity contribution in [3.8, 4) is 0 Å². The average molecular weight is 385 g/mol. The van der Waals surface area contributed by atoms with E-state index in [1.807, 2.05) is 0 Å². The monoisotopic (exact) mass is 384 g/mol. The molecule has 5 nitrogen and oxygen atoms in total. The third kappa shape index (κ3) is 3.46. The first-order valence-corrected chi connectivity index (χ1v) is 10.5. The summed E-state index contributed by atoms with van der Waals surface area (Å²) in [5, 5.41) is 12.3. The predicted molar refractivity (Wildman–Crippen MR) is 110 cm³/mol. The van der Waals surface area contributed by atoms with Gasteiger partial charge < -0.3 is 14.8 Å². The molecule has 1 saturated heterocycles. The van der Waals surface area contributed by atoms with Gasteiger partial charge in [0, 0.05) is 41.6 Å². The molecule has 2 N–H and O–H groups in total. The zero-order valence-electron chi connectivity index (χ0n) is 17.3. The number of aliphatic hydroxyl groups is 1. The molecule has 2 aromatic rings. The molecule has 5 heteroatoms. The van der Waals surface area contributed by atoms with Gasteiger partial charge in [-0.05, 0) is 43.2 Å². The second-order valence-electron chi connectivity index (χ2n) is 9.17. The van der Waals surface area contributed by atoms with Gasteiger partial charge >= 0.3 is 5.97 Å². The maximum atomic E-state index is 12.4. The molecule has 0 radical (unpaired) electrons. The number of methoxy groups -OCH3 is 1. The molecule has 2 bridgehead atoms. The second-order valence-corrected chi connectivity index (χ2v) is 9.17. The van der Waals surface area contributed by atoms with E-state index in [0.29, 0.717) is 12.3 Å². The van der Waals surface area contributed by atoms with E-state index < -0.39 is 5.60 Å². The molecule has 3 heterocycles. The minimum Gasteiger partial charge on any atom is -0.469 e. The van der Waals surface area contributed by atoms with Crippen LogP contribution in [0.5, 0.6) is 0 Å². The van der Waals surface area contributed by atoms with Gasteiger partial charge in [-0.15, -0.1) is 0 Å². The van der Waals surface area contributed by atoms with Crippen LogP contribution < -0.4 is 0 Å². The number of carbonyl (C=O) groups excluding carboxylic acids is 1. The number of rotatable bonds is 3. The molecule has 4 atom stereocenters. The SMILES string of the molecule is CC[C@]1(O)C[C@H]2CN(CCc3c([nH]c4ccccc34)[C@](C)(CC(=O)OC)C2)C1. The third-order valence-electron chi connectivity index (χ3n) is 6.96. The van der Waals surface area contributed by atoms with E-state index >= 15 is 0 Å². The molecular weight excluding hydrogens is 352 g/mol. The summed E-state index contributed by atoms with van der Waals surface area (Å²) in [4.78, 5) is 18.4. The molecular formula is C23H32N2O3. The summed E-state index contributed by atoms with van der Waals surface area (Å²) >= 11 is 0. The van der Waals surface area contributed by atoms with Crippen LogP contribution in [-0.4, -0.2) is 53.3 Å². The number of hydrogen-bond acceptors (Lipinski definition) is 4. The molecule has 0 spiro atoms. The standard InChI is InChI=1S/C23H32N2O3/c1-4-23(27)12-16-11-22(2,13-20(26)28-3)21-18(9-10-25(14-16)15-23)17-7-5-6-8-19(17)24-21/h5-8,16,24,27H,4,9-15H2,1-3H3/t16-,22-,23-/m0/s1. The fourth-order valence-corrected chi connectivity index (χ4v) is 5.61. The van der Waals surface area contributed by atoms with Gasteiger partial charge in [-0.25, -0.2) is 0 Å². The molecule has 1 aromatic heterocycles. The summed E-state index contributed by atoms with van der Waals surface area (Å²) in [7, 11) is 1.46. The number of aromatic nitrogens is 1. The lowest BCUT2D eigenvalue weighted by Gasteiger charge is -2.44. The van der Waals surface area contributed by atoms with Crippen LogP contribution in [-0.2, 0) is 21.4 Å². The van der Waals surface area contributed by atoms with Crippen LogP contribution in [0.3, 0.4) is 0 Å². The van der Waals surface area contributed by atoms with Crippen molar-refractivity contribution in [1.82, 2.24) is 9.88 Å². The lowest BCUT2D eigenvalue weighted by Crippen LogP contribution is -2.52. The molecule has 0 amide bonds. The summed E-state index contributed by atoms with van der Waals surface area (Å²) in [6.45, 7) is 6.92. The highest BCUT2D eigenvalue weighted by molar-refractivity contribution is 5.85. The number of H-pyrrole nitrogens is 1. The van der Waals surface area contributed by atoms with Gasteiger partial charge in [0.05, 0.1) is 19.1 Å². The zero-order valence-corrected chi connectivity index (χ0v) is 17.3. The highest BCUT2D eigenvalue weighted by Gasteiger charge is 2.43. The van der Waals surface area contributed by atoms with Crippen LogP contribution in [0.2, 0.25) is 0 Å². The van der Waals surface area contributed by atoms with Gasteiger partial charge in [0.25, 0.3) is 0 Å². The van der Waals surface area contributed by atoms with Crippen molar-refractivity contribution in [2.75, 3.05) is 26.7 Å². The maximum absolute atomic E-state index is 12.4. The number of esters is 1. The van der Waals surface area contributed by atoms with E-state index in [1.165, 1.54) is 23.8 Å². The van der Waals surface area contributed by atoms with Gasteiger partial charge in [0.2, 0.25) is 0 Å². The molecule has 2 aliphatic rings. The Morgan fingerprint density at radius 3 is 2.89 bits per heavy atom. The summed E-state index contributed by atoms with van der Waals surface area (Å²) in [6, 6.07) is 8.42. The number of ether oxygens (including phenoxy) is 1. The largest absolute Gasteiger partial charge is 0.469 e. The Bertz CT molecular complexity index is 876. The first kappa shape index (κ1) is 19.5. The third-order valence-corrected chi connectivity index (χ3v) is 6.96. The number of nitrogens with one attached hydrogen (secondary N) is 1. The van der Waals surface area contributed by atoms with E-state index in [9.17, 15) is 9.90 Å². The Balaban J connectivity index is 1.82. The molecule has 2 aliphatic heterocycles. The van der Waals surface area contributed by atoms with E-state index in [2.05, 4.69) is 48.0 Å². The average Bonchev–Trinajstić information content (AvgIpc) is 3.05. The molecule has 152 valence electrons. The van der Waals surface area contributed by atoms with Crippen LogP contribution in [0.25, 0.3) is 10.9 Å². The fourth-order valence-electron chi connectivity index (χ4n) is 5.61. The van der Waals surface area contributed by atoms with Crippen LogP contribution in [0, 0.1) is 5.92 Å². The molecule has 1 aromatic carbocycles. The Morgan fingerprint density at radius 2 is 2.14 bits per heavy atom. The summed E-state index contributed by atoms with van der Waals surface area (Å²) in [5.74, 6) is 0.176. The molecule has 1 unspecified atom stereocenters. The zero-order chi connectivity index (χ0) is 19.9. The maximum Gasteiger partial charge on any atom is 0.306 e. The number of aromatic amines is 1. The summed E-state index contributed by atoms with van der Waals surface area (Å²) in [6.07, 6.45) is 3.70. The highest BCUT2D eigenvalue weighted by Crippen LogP contribution is 2.43. The molecule has 0 aliphatic carbocycles. The fraction of sp³-hybridized carbons (Fsp3) is 0.609. The van der Waals surface area contributed by atoms with E-state index in [1.54, 1.807) is 0 Å². The number of hydrogen-bond donors (Lipinski definition) is 2. The number of benzene rings is 1. The van der Waals surface area contributed by atoms with Gasteiger partial charge in [-0.3, -0.25) is 9.69 Å². The number of nitrogens with zero attached hydrogens (tertiary/aromatic N) is 1. The van der Waals surface area contributed by atoms with Gasteiger partial charge in [-0.1, -0.05) is 32.0 Å². The Labute approximate surface area is 167 Å². The Morgan fingerprint density at radius 1 is 1.36 bits per heavy atom. The lowest BCUT2D eigenvalue weighted by molar-refractivity contribution is -0.142. The van der Waals surface area contributed by atoms with Crippen LogP contribution in [0.1, 0.15) is 50.8 Å². The van der Waals surface area contributed by atoms with Gasteiger partial charge in [0.1, 0.15) is 0 Å². The summed E-state index contributed by atoms with van der Waals surface area (Å²) in [5.41, 5.74) is 2.65. The molecule has 1 fully saturated rings. The minimum atomic E-state index is -0.630. The Hall–Kier alpha value is -1.85. The van der Waals surface area contributed by atoms with Gasteiger partial charge in [0.15, 0.2) is 0 Å². The van der Waals surface area contributed by atoms with Crippen LogP contribution >= 0.6 is 0 Å². The Kier molecular flexibility index (Phi) is 5.00. The number of carbonyl (C=O) groups is 1. The smallest absolute Gasteiger partial charge is 0.306 e. The van der Waals surface area contributed by atoms with Crippen LogP contribution in [0.4, 0.5) is 0 Å². The predicted octanol–water partition coefficient (Wildman–Crippen LogP) is 3.40. The van der Waals surface area contributed by atoms with Crippen LogP contribution in [0.15, 0.2) is 24.3 Å². The molecule has 28 heavy (non-hydrogen) atoms. The van der Waals surface area contributed by atoms with Crippen molar-refractivity contribution >= 4 is 16.9 Å². The normalized spacial score (nSPS) is 32.9. The molecule has 0 saturated carbocycles. The topological polar surface area (TPSA) is 65.6 Å². The first-order valence-electron chi connectivity index (χ1n) is 10.5. The minimum absolute atomic E-state index is 0.176. The van der Waals surface area contributed by atoms with Crippen molar-refractivity contribution in [3.05, 3.63) is 35.5 Å². The van der Waals surface area contributed by atoms with Crippen molar-refractivity contribution < 1.29 is 14.6 Å². The van der Waals surface area contributed by atoms with Crippen molar-refractivity contribution in [1.29, 1.82) is 0 Å². The van der Waals surface area contributed by atoms with Crippen molar-refractivity contribution in [2.45, 2.75) is 57.0 Å². The lowest BCUT2D eigenvalue weighted by atomic mass is 9.71. The number of para-hydroxylation sites is 1. The number of fused-ring (bicyclic) bond motifs is 5. The van der Waals surface area contributed by atoms with E-state index in [4.69, 9.17) is 4.74 Å². The second kappa shape index (κ2) is 7.20.